The number of carbonyl (C=O) groups excluding carboxylic acids is 1. The van der Waals surface area contributed by atoms with Crippen molar-refractivity contribution in [1.82, 2.24) is 5.16 Å². The zero-order chi connectivity index (χ0) is 16.1. The largest absolute Gasteiger partial charge is 0.481 e. The van der Waals surface area contributed by atoms with Crippen molar-refractivity contribution in [2.24, 2.45) is 11.8 Å². The Hall–Kier alpha value is -2.15. The molecule has 0 spiro atoms. The fraction of sp³-hybridized carbons (Fsp3) is 0.533. The third-order valence-electron chi connectivity index (χ3n) is 3.99. The van der Waals surface area contributed by atoms with E-state index in [9.17, 15) is 14.7 Å². The Bertz CT molecular complexity index is 643. The second kappa shape index (κ2) is 4.95. The first-order chi connectivity index (χ1) is 10.3. The van der Waals surface area contributed by atoms with Crippen molar-refractivity contribution >= 4 is 17.7 Å². The van der Waals surface area contributed by atoms with Gasteiger partial charge in [-0.05, 0) is 0 Å². The number of amides is 1. The van der Waals surface area contributed by atoms with E-state index in [1.54, 1.807) is 18.2 Å². The topological polar surface area (TPSA) is 102 Å². The molecule has 0 saturated carbocycles. The summed E-state index contributed by atoms with van der Waals surface area (Å²) >= 11 is 0. The summed E-state index contributed by atoms with van der Waals surface area (Å²) in [5, 5.41) is 15.7. The van der Waals surface area contributed by atoms with E-state index in [-0.39, 0.29) is 11.2 Å². The van der Waals surface area contributed by atoms with Gasteiger partial charge in [-0.2, -0.15) is 0 Å². The summed E-state index contributed by atoms with van der Waals surface area (Å²) in [5.74, 6) is -2.16. The molecule has 2 N–H and O–H groups in total. The van der Waals surface area contributed by atoms with E-state index >= 15 is 0 Å². The minimum atomic E-state index is -1.03. The molecule has 118 valence electrons. The zero-order valence-electron chi connectivity index (χ0n) is 12.6. The zero-order valence-corrected chi connectivity index (χ0v) is 12.6. The molecule has 4 atom stereocenters. The van der Waals surface area contributed by atoms with Crippen LogP contribution in [0.4, 0.5) is 5.82 Å². The molecule has 2 bridgehead atoms. The molecule has 1 aromatic heterocycles. The Labute approximate surface area is 127 Å². The van der Waals surface area contributed by atoms with Crippen molar-refractivity contribution in [2.75, 3.05) is 5.32 Å². The van der Waals surface area contributed by atoms with Crippen LogP contribution >= 0.6 is 0 Å². The number of nitrogens with zero attached hydrogens (tertiary/aromatic N) is 1. The molecule has 0 unspecified atom stereocenters. The average Bonchev–Trinajstić information content (AvgIpc) is 3.11. The number of fused-ring (bicyclic) bond motifs is 2. The summed E-state index contributed by atoms with van der Waals surface area (Å²) in [7, 11) is 0. The van der Waals surface area contributed by atoms with Crippen LogP contribution in [0.2, 0.25) is 0 Å². The molecule has 0 aliphatic carbocycles. The number of ether oxygens (including phenoxy) is 1. The van der Waals surface area contributed by atoms with Crippen LogP contribution in [0.5, 0.6) is 0 Å². The number of aromatic nitrogens is 1. The lowest BCUT2D eigenvalue weighted by Gasteiger charge is -2.20. The summed E-state index contributed by atoms with van der Waals surface area (Å²) in [5.41, 5.74) is -0.224. The minimum absolute atomic E-state index is 0.224. The van der Waals surface area contributed by atoms with Crippen LogP contribution in [0, 0.1) is 11.8 Å². The number of aliphatic carboxylic acids is 1. The molecule has 1 saturated heterocycles. The molecule has 1 amide bonds. The van der Waals surface area contributed by atoms with Crippen LogP contribution in [-0.2, 0) is 19.7 Å². The van der Waals surface area contributed by atoms with E-state index in [1.165, 1.54) is 0 Å². The van der Waals surface area contributed by atoms with Crippen LogP contribution in [-0.4, -0.2) is 34.3 Å². The smallest absolute Gasteiger partial charge is 0.310 e. The second-order valence-electron chi connectivity index (χ2n) is 6.66. The molecule has 22 heavy (non-hydrogen) atoms. The molecule has 0 aromatic carbocycles. The first-order valence-corrected chi connectivity index (χ1v) is 7.12. The highest BCUT2D eigenvalue weighted by molar-refractivity contribution is 5.96. The summed E-state index contributed by atoms with van der Waals surface area (Å²) < 4.78 is 10.7. The van der Waals surface area contributed by atoms with Gasteiger partial charge in [-0.25, -0.2) is 0 Å². The highest BCUT2D eigenvalue weighted by Gasteiger charge is 2.53. The van der Waals surface area contributed by atoms with Crippen LogP contribution < -0.4 is 5.32 Å². The number of anilines is 1. The Balaban J connectivity index is 1.76. The number of rotatable bonds is 3. The molecule has 2 aliphatic rings. The van der Waals surface area contributed by atoms with Gasteiger partial charge < -0.3 is 19.7 Å². The van der Waals surface area contributed by atoms with Gasteiger partial charge in [-0.15, -0.1) is 0 Å². The SMILES string of the molecule is CC(C)(C)c1cc(NC(=O)[C@H]2[C@@H](C(=O)O)[C@H]3C=C[C@H]2O3)no1. The van der Waals surface area contributed by atoms with Crippen molar-refractivity contribution in [3.05, 3.63) is 24.0 Å². The number of nitrogens with one attached hydrogen (secondary N) is 1. The molecule has 3 heterocycles. The summed E-state index contributed by atoms with van der Waals surface area (Å²) in [4.78, 5) is 23.8. The number of carboxylic acids is 1. The third-order valence-corrected chi connectivity index (χ3v) is 3.99. The van der Waals surface area contributed by atoms with Crippen molar-refractivity contribution in [3.8, 4) is 0 Å². The molecule has 2 aliphatic heterocycles. The first-order valence-electron chi connectivity index (χ1n) is 7.12. The van der Waals surface area contributed by atoms with Crippen molar-refractivity contribution in [3.63, 3.8) is 0 Å². The van der Waals surface area contributed by atoms with Crippen molar-refractivity contribution in [2.45, 2.75) is 38.4 Å². The molecule has 7 heteroatoms. The summed E-state index contributed by atoms with van der Waals surface area (Å²) in [6, 6.07) is 1.65. The monoisotopic (exact) mass is 306 g/mol. The molecule has 3 rings (SSSR count). The lowest BCUT2D eigenvalue weighted by atomic mass is 9.82. The van der Waals surface area contributed by atoms with Gasteiger partial charge in [0, 0.05) is 11.5 Å². The Morgan fingerprint density at radius 2 is 1.86 bits per heavy atom. The van der Waals surface area contributed by atoms with Crippen LogP contribution in [0.15, 0.2) is 22.7 Å². The number of carboxylic acid groups (broad SMARTS) is 1. The lowest BCUT2D eigenvalue weighted by molar-refractivity contribution is -0.145. The summed E-state index contributed by atoms with van der Waals surface area (Å²) in [6.07, 6.45) is 2.39. The minimum Gasteiger partial charge on any atom is -0.481 e. The molecule has 1 fully saturated rings. The number of carbonyl (C=O) groups is 2. The Morgan fingerprint density at radius 1 is 1.23 bits per heavy atom. The number of hydrogen-bond donors (Lipinski definition) is 2. The lowest BCUT2D eigenvalue weighted by Crippen LogP contribution is -2.39. The fourth-order valence-electron chi connectivity index (χ4n) is 2.81. The maximum atomic E-state index is 12.4. The van der Waals surface area contributed by atoms with Gasteiger partial charge in [0.25, 0.3) is 0 Å². The van der Waals surface area contributed by atoms with Gasteiger partial charge in [-0.1, -0.05) is 38.1 Å². The molecular weight excluding hydrogens is 288 g/mol. The van der Waals surface area contributed by atoms with E-state index < -0.39 is 35.9 Å². The molecule has 0 radical (unpaired) electrons. The van der Waals surface area contributed by atoms with E-state index in [4.69, 9.17) is 9.26 Å². The van der Waals surface area contributed by atoms with Crippen LogP contribution in [0.3, 0.4) is 0 Å². The van der Waals surface area contributed by atoms with Crippen LogP contribution in [0.25, 0.3) is 0 Å². The molecule has 7 nitrogen and oxygen atoms in total. The predicted molar refractivity (Wildman–Crippen MR) is 76.2 cm³/mol. The van der Waals surface area contributed by atoms with Gasteiger partial charge in [0.15, 0.2) is 5.82 Å². The maximum Gasteiger partial charge on any atom is 0.310 e. The van der Waals surface area contributed by atoms with E-state index in [0.29, 0.717) is 5.76 Å². The quantitative estimate of drug-likeness (QED) is 0.822. The predicted octanol–water partition coefficient (Wildman–Crippen LogP) is 1.56. The van der Waals surface area contributed by atoms with Gasteiger partial charge in [0.1, 0.15) is 11.7 Å². The standard InChI is InChI=1S/C15H18N2O5/c1-15(2,3)9-6-10(17-22-9)16-13(18)11-7-4-5-8(21-7)12(11)14(19)20/h4-8,11-12H,1-3H3,(H,19,20)(H,16,17,18)/t7-,8-,11-,12+/m1/s1. The van der Waals surface area contributed by atoms with Crippen molar-refractivity contribution < 1.29 is 24.0 Å². The van der Waals surface area contributed by atoms with Crippen LogP contribution in [0.1, 0.15) is 26.5 Å². The van der Waals surface area contributed by atoms with Gasteiger partial charge >= 0.3 is 5.97 Å². The van der Waals surface area contributed by atoms with Gasteiger partial charge in [0.2, 0.25) is 5.91 Å². The Morgan fingerprint density at radius 3 is 2.41 bits per heavy atom. The first kappa shape index (κ1) is 14.8. The highest BCUT2D eigenvalue weighted by Crippen LogP contribution is 2.40. The van der Waals surface area contributed by atoms with E-state index in [0.717, 1.165) is 0 Å². The van der Waals surface area contributed by atoms with Gasteiger partial charge in [-0.3, -0.25) is 9.59 Å². The second-order valence-corrected chi connectivity index (χ2v) is 6.66. The van der Waals surface area contributed by atoms with E-state index in [2.05, 4.69) is 10.5 Å². The highest BCUT2D eigenvalue weighted by atomic mass is 16.5. The Kier molecular flexibility index (Phi) is 3.32. The van der Waals surface area contributed by atoms with Crippen molar-refractivity contribution in [1.29, 1.82) is 0 Å². The normalized spacial score (nSPS) is 29.8. The maximum absolute atomic E-state index is 12.4. The fourth-order valence-corrected chi connectivity index (χ4v) is 2.81. The third kappa shape index (κ3) is 2.41. The number of hydrogen-bond acceptors (Lipinski definition) is 5. The molecule has 1 aromatic rings. The van der Waals surface area contributed by atoms with E-state index in [1.807, 2.05) is 20.8 Å². The summed E-state index contributed by atoms with van der Waals surface area (Å²) in [6.45, 7) is 5.90. The average molecular weight is 306 g/mol. The molecular formula is C15H18N2O5. The van der Waals surface area contributed by atoms with Gasteiger partial charge in [0.05, 0.1) is 18.1 Å².